The van der Waals surface area contributed by atoms with Crippen LogP contribution in [0.1, 0.15) is 16.1 Å². The molecule has 0 aliphatic carbocycles. The highest BCUT2D eigenvalue weighted by Crippen LogP contribution is 2.34. The van der Waals surface area contributed by atoms with Crippen LogP contribution in [-0.4, -0.2) is 66.5 Å². The maximum atomic E-state index is 14.2. The van der Waals surface area contributed by atoms with E-state index in [2.05, 4.69) is 30.9 Å². The van der Waals surface area contributed by atoms with Crippen LogP contribution in [0.2, 0.25) is 0 Å². The van der Waals surface area contributed by atoms with Crippen molar-refractivity contribution in [3.05, 3.63) is 65.1 Å². The zero-order valence-electron chi connectivity index (χ0n) is 18.6. The van der Waals surface area contributed by atoms with Crippen molar-refractivity contribution >= 4 is 17.5 Å². The first kappa shape index (κ1) is 23.9. The highest BCUT2D eigenvalue weighted by molar-refractivity contribution is 5.96. The fourth-order valence-corrected chi connectivity index (χ4v) is 3.81. The molecule has 0 unspecified atom stereocenters. The molecule has 5 heterocycles. The third-order valence-electron chi connectivity index (χ3n) is 5.51. The molecule has 16 heteroatoms. The minimum Gasteiger partial charge on any atom is -0.389 e. The zero-order chi connectivity index (χ0) is 26.3. The van der Waals surface area contributed by atoms with Crippen molar-refractivity contribution in [2.24, 2.45) is 0 Å². The van der Waals surface area contributed by atoms with Crippen LogP contribution in [0.25, 0.3) is 11.6 Å². The average molecular weight is 516 g/mol. The maximum absolute atomic E-state index is 14.2. The maximum Gasteiger partial charge on any atom is 0.434 e. The second-order valence-electron chi connectivity index (χ2n) is 8.02. The summed E-state index contributed by atoms with van der Waals surface area (Å²) in [6, 6.07) is 3.85. The number of nitrogens with one attached hydrogen (secondary N) is 2. The summed E-state index contributed by atoms with van der Waals surface area (Å²) in [5.41, 5.74) is -2.05. The third-order valence-corrected chi connectivity index (χ3v) is 5.51. The summed E-state index contributed by atoms with van der Waals surface area (Å²) < 4.78 is 56.9. The van der Waals surface area contributed by atoms with E-state index in [-0.39, 0.29) is 48.4 Å². The molecule has 0 radical (unpaired) electrons. The number of allylic oxidation sites excluding steroid dienone is 2. The molecule has 2 aliphatic heterocycles. The van der Waals surface area contributed by atoms with Gasteiger partial charge in [0, 0.05) is 18.8 Å². The lowest BCUT2D eigenvalue weighted by Crippen LogP contribution is -2.51. The van der Waals surface area contributed by atoms with Crippen LogP contribution in [0.4, 0.5) is 23.4 Å². The van der Waals surface area contributed by atoms with Crippen molar-refractivity contribution < 1.29 is 27.5 Å². The molecule has 3 N–H and O–H groups in total. The number of nitrogens with zero attached hydrogens (tertiary/aromatic N) is 8. The minimum absolute atomic E-state index is 0.0339. The van der Waals surface area contributed by atoms with Crippen molar-refractivity contribution in [3.63, 3.8) is 0 Å². The minimum atomic E-state index is -5.03. The number of carbonyl (C=O) groups is 1. The molecule has 0 atom stereocenters. The second kappa shape index (κ2) is 9.02. The van der Waals surface area contributed by atoms with Gasteiger partial charge in [-0.05, 0) is 18.2 Å². The quantitative estimate of drug-likeness (QED) is 0.419. The molecule has 1 fully saturated rings. The Labute approximate surface area is 205 Å². The highest BCUT2D eigenvalue weighted by Gasteiger charge is 2.41. The first-order chi connectivity index (χ1) is 17.7. The molecule has 37 heavy (non-hydrogen) atoms. The van der Waals surface area contributed by atoms with Crippen LogP contribution in [-0.2, 0) is 6.18 Å². The Morgan fingerprint density at radius 2 is 1.95 bits per heavy atom. The van der Waals surface area contributed by atoms with Gasteiger partial charge in [0.15, 0.2) is 29.0 Å². The fourth-order valence-electron chi connectivity index (χ4n) is 3.81. The number of hydrogen-bond donors (Lipinski definition) is 3. The first-order valence-electron chi connectivity index (χ1n) is 10.7. The molecule has 3 aromatic heterocycles. The van der Waals surface area contributed by atoms with E-state index in [0.717, 1.165) is 23.1 Å². The summed E-state index contributed by atoms with van der Waals surface area (Å²) in [5, 5.41) is 35.6. The molecule has 0 saturated carbocycles. The van der Waals surface area contributed by atoms with Crippen molar-refractivity contribution in [1.29, 1.82) is 5.26 Å². The van der Waals surface area contributed by atoms with Gasteiger partial charge < -0.3 is 20.6 Å². The number of pyridine rings is 1. The van der Waals surface area contributed by atoms with Gasteiger partial charge in [-0.2, -0.15) is 33.7 Å². The molecule has 190 valence electrons. The smallest absolute Gasteiger partial charge is 0.389 e. The SMILES string of the molecule is N#CC1=C(n2nccn2)NCC(NC(=O)c2cnn(-c3ccc(F)c(N4CC(O)C4)n3)c2C(F)(F)F)=C1. The number of β-amino-alcohol motifs (C(OH)–C–C–N with tert-alkyl or cyclic N) is 1. The van der Waals surface area contributed by atoms with Crippen LogP contribution >= 0.6 is 0 Å². The molecule has 1 amide bonds. The van der Waals surface area contributed by atoms with E-state index in [4.69, 9.17) is 0 Å². The number of aromatic nitrogens is 6. The number of aliphatic hydroxyl groups excluding tert-OH is 1. The van der Waals surface area contributed by atoms with E-state index in [1.54, 1.807) is 0 Å². The molecule has 0 spiro atoms. The molecular weight excluding hydrogens is 500 g/mol. The summed E-state index contributed by atoms with van der Waals surface area (Å²) in [6.45, 7) is 0.118. The number of nitriles is 1. The predicted octanol–water partition coefficient (Wildman–Crippen LogP) is 0.807. The van der Waals surface area contributed by atoms with Crippen LogP contribution in [0.3, 0.4) is 0 Å². The number of hydrogen-bond acceptors (Lipinski definition) is 9. The predicted molar refractivity (Wildman–Crippen MR) is 117 cm³/mol. The number of anilines is 1. The Kier molecular flexibility index (Phi) is 5.84. The topological polar surface area (TPSA) is 150 Å². The molecular formula is C21H16F4N10O2. The van der Waals surface area contributed by atoms with Gasteiger partial charge in [0.1, 0.15) is 6.07 Å². The largest absolute Gasteiger partial charge is 0.434 e. The lowest BCUT2D eigenvalue weighted by molar-refractivity contribution is -0.143. The standard InChI is InChI=1S/C21H16F4N10O2/c22-15-1-2-16(32-19(15)33-9-13(36)10-33)34-17(21(23,24)25)14(8-30-34)20(37)31-12-5-11(6-26)18(27-7-12)35-28-3-4-29-35/h1-5,8,13,27,36H,7,9-10H2,(H,31,37). The number of aliphatic hydroxyl groups is 1. The van der Waals surface area contributed by atoms with Gasteiger partial charge in [-0.1, -0.05) is 0 Å². The van der Waals surface area contributed by atoms with Crippen molar-refractivity contribution in [1.82, 2.24) is 40.4 Å². The fraction of sp³-hybridized carbons (Fsp3) is 0.238. The van der Waals surface area contributed by atoms with Gasteiger partial charge in [-0.25, -0.2) is 14.1 Å². The lowest BCUT2D eigenvalue weighted by Gasteiger charge is -2.37. The average Bonchev–Trinajstić information content (AvgIpc) is 3.53. The molecule has 0 aromatic carbocycles. The highest BCUT2D eigenvalue weighted by atomic mass is 19.4. The van der Waals surface area contributed by atoms with Gasteiger partial charge in [0.2, 0.25) is 0 Å². The summed E-state index contributed by atoms with van der Waals surface area (Å²) in [7, 11) is 0. The first-order valence-corrected chi connectivity index (χ1v) is 10.7. The van der Waals surface area contributed by atoms with E-state index in [1.807, 2.05) is 6.07 Å². The molecule has 12 nitrogen and oxygen atoms in total. The summed E-state index contributed by atoms with van der Waals surface area (Å²) in [6.07, 6.45) is -0.905. The summed E-state index contributed by atoms with van der Waals surface area (Å²) in [4.78, 5) is 19.3. The number of rotatable bonds is 5. The van der Waals surface area contributed by atoms with E-state index >= 15 is 0 Å². The molecule has 3 aromatic rings. The van der Waals surface area contributed by atoms with E-state index in [0.29, 0.717) is 4.68 Å². The number of halogens is 4. The van der Waals surface area contributed by atoms with E-state index < -0.39 is 35.3 Å². The van der Waals surface area contributed by atoms with Crippen LogP contribution in [0.5, 0.6) is 0 Å². The van der Waals surface area contributed by atoms with E-state index in [1.165, 1.54) is 23.4 Å². The second-order valence-corrected chi connectivity index (χ2v) is 8.02. The lowest BCUT2D eigenvalue weighted by atomic mass is 10.1. The Balaban J connectivity index is 1.46. The Morgan fingerprint density at radius 1 is 1.22 bits per heavy atom. The molecule has 1 saturated heterocycles. The summed E-state index contributed by atoms with van der Waals surface area (Å²) >= 11 is 0. The normalized spacial score (nSPS) is 16.1. The zero-order valence-corrected chi connectivity index (χ0v) is 18.6. The number of carbonyl (C=O) groups excluding carboxylic acids is 1. The van der Waals surface area contributed by atoms with Gasteiger partial charge in [-0.3, -0.25) is 4.79 Å². The molecule has 2 aliphatic rings. The van der Waals surface area contributed by atoms with Gasteiger partial charge in [-0.15, -0.1) is 4.80 Å². The number of amides is 1. The van der Waals surface area contributed by atoms with Crippen molar-refractivity contribution in [3.8, 4) is 11.9 Å². The van der Waals surface area contributed by atoms with Gasteiger partial charge >= 0.3 is 6.18 Å². The van der Waals surface area contributed by atoms with Crippen LogP contribution in [0.15, 0.2) is 48.1 Å². The van der Waals surface area contributed by atoms with Gasteiger partial charge in [0.25, 0.3) is 5.91 Å². The molecule has 5 rings (SSSR count). The van der Waals surface area contributed by atoms with Crippen LogP contribution < -0.4 is 15.5 Å². The van der Waals surface area contributed by atoms with Crippen LogP contribution in [0, 0.1) is 17.1 Å². The third kappa shape index (κ3) is 4.47. The Morgan fingerprint density at radius 3 is 2.59 bits per heavy atom. The monoisotopic (exact) mass is 516 g/mol. The van der Waals surface area contributed by atoms with E-state index in [9.17, 15) is 32.7 Å². The van der Waals surface area contributed by atoms with Crippen molar-refractivity contribution in [2.75, 3.05) is 24.5 Å². The number of alkyl halides is 3. The van der Waals surface area contributed by atoms with Crippen molar-refractivity contribution in [2.45, 2.75) is 12.3 Å². The molecule has 0 bridgehead atoms. The Hall–Kier alpha value is -4.78. The summed E-state index contributed by atoms with van der Waals surface area (Å²) in [5.74, 6) is -2.28. The number of dihydropyridines is 1. The van der Waals surface area contributed by atoms with Gasteiger partial charge in [0.05, 0.1) is 42.4 Å². The Bertz CT molecular complexity index is 1460.